The molecule has 0 radical (unpaired) electrons. The minimum atomic E-state index is -1.06. The molecule has 3 aromatic rings. The van der Waals surface area contributed by atoms with Crippen molar-refractivity contribution in [1.82, 2.24) is 14.8 Å². The third kappa shape index (κ3) is 4.84. The Morgan fingerprint density at radius 1 is 1.39 bits per heavy atom. The van der Waals surface area contributed by atoms with Crippen molar-refractivity contribution in [3.63, 3.8) is 0 Å². The van der Waals surface area contributed by atoms with Crippen molar-refractivity contribution in [3.05, 3.63) is 51.5 Å². The smallest absolute Gasteiger partial charge is 0.437 e. The number of aromatic nitrogens is 3. The van der Waals surface area contributed by atoms with Crippen LogP contribution in [0.2, 0.25) is 5.15 Å². The summed E-state index contributed by atoms with van der Waals surface area (Å²) >= 11 is 7.25. The first kappa shape index (κ1) is 19.8. The van der Waals surface area contributed by atoms with Crippen molar-refractivity contribution in [2.45, 2.75) is 26.0 Å². The number of hydrogen-bond donors (Lipinski definition) is 1. The van der Waals surface area contributed by atoms with Crippen LogP contribution in [0.3, 0.4) is 0 Å². The number of halogens is 1. The molecule has 1 atom stereocenters. The molecular weight excluding hydrogens is 408 g/mol. The van der Waals surface area contributed by atoms with Gasteiger partial charge in [-0.3, -0.25) is 9.59 Å². The Hall–Kier alpha value is -2.98. The maximum atomic E-state index is 12.1. The molecular formula is C17H15ClN4O5S. The second-order valence-electron chi connectivity index (χ2n) is 5.59. The van der Waals surface area contributed by atoms with Crippen LogP contribution in [0.4, 0.5) is 5.69 Å². The molecule has 1 N–H and O–H groups in total. The normalized spacial score (nSPS) is 11.8. The van der Waals surface area contributed by atoms with Gasteiger partial charge in [0.25, 0.3) is 11.8 Å². The Morgan fingerprint density at radius 2 is 2.21 bits per heavy atom. The number of hydrogen-bond acceptors (Lipinski definition) is 8. The lowest BCUT2D eigenvalue weighted by Crippen LogP contribution is -2.30. The van der Waals surface area contributed by atoms with Gasteiger partial charge in [-0.25, -0.2) is 9.78 Å². The first-order valence-corrected chi connectivity index (χ1v) is 9.42. The highest BCUT2D eigenvalue weighted by Crippen LogP contribution is 2.21. The second kappa shape index (κ2) is 8.81. The summed E-state index contributed by atoms with van der Waals surface area (Å²) in [7, 11) is 0. The van der Waals surface area contributed by atoms with Gasteiger partial charge < -0.3 is 14.5 Å². The first-order chi connectivity index (χ1) is 13.4. The summed E-state index contributed by atoms with van der Waals surface area (Å²) in [6, 6.07) is 6.76. The fourth-order valence-corrected chi connectivity index (χ4v) is 2.98. The lowest BCUT2D eigenvalue weighted by atomic mass is 10.3. The fraction of sp³-hybridized carbons (Fsp3) is 0.235. The van der Waals surface area contributed by atoms with Gasteiger partial charge in [0.1, 0.15) is 0 Å². The van der Waals surface area contributed by atoms with E-state index in [4.69, 9.17) is 20.8 Å². The predicted molar refractivity (Wildman–Crippen MR) is 102 cm³/mol. The zero-order valence-electron chi connectivity index (χ0n) is 14.6. The van der Waals surface area contributed by atoms with E-state index in [0.29, 0.717) is 10.6 Å². The van der Waals surface area contributed by atoms with Gasteiger partial charge in [-0.15, -0.1) is 16.4 Å². The van der Waals surface area contributed by atoms with E-state index in [1.54, 1.807) is 18.2 Å². The van der Waals surface area contributed by atoms with Crippen LogP contribution < -0.4 is 11.1 Å². The maximum absolute atomic E-state index is 12.1. The van der Waals surface area contributed by atoms with Crippen LogP contribution in [0.25, 0.3) is 10.8 Å². The second-order valence-corrected chi connectivity index (χ2v) is 6.89. The van der Waals surface area contributed by atoms with Crippen molar-refractivity contribution >= 4 is 40.5 Å². The van der Waals surface area contributed by atoms with Crippen LogP contribution in [0.1, 0.15) is 13.3 Å². The highest BCUT2D eigenvalue weighted by Gasteiger charge is 2.20. The largest absolute Gasteiger partial charge is 0.452 e. The van der Waals surface area contributed by atoms with Crippen LogP contribution in [0.5, 0.6) is 0 Å². The van der Waals surface area contributed by atoms with Crippen molar-refractivity contribution in [1.29, 1.82) is 0 Å². The van der Waals surface area contributed by atoms with E-state index in [0.717, 1.165) is 4.68 Å². The zero-order valence-corrected chi connectivity index (χ0v) is 16.2. The number of pyridine rings is 1. The molecule has 3 heterocycles. The number of carbonyl (C=O) groups excluding carboxylic acids is 2. The fourth-order valence-electron chi connectivity index (χ4n) is 2.17. The molecule has 9 nitrogen and oxygen atoms in total. The molecule has 0 aliphatic carbocycles. The molecule has 11 heteroatoms. The summed E-state index contributed by atoms with van der Waals surface area (Å²) in [6.45, 7) is 1.39. The van der Waals surface area contributed by atoms with Gasteiger partial charge in [-0.1, -0.05) is 17.7 Å². The first-order valence-electron chi connectivity index (χ1n) is 8.16. The molecule has 0 spiro atoms. The van der Waals surface area contributed by atoms with E-state index in [-0.39, 0.29) is 24.0 Å². The number of rotatable bonds is 7. The molecule has 146 valence electrons. The molecule has 0 saturated heterocycles. The summed E-state index contributed by atoms with van der Waals surface area (Å²) in [5, 5.41) is 8.52. The van der Waals surface area contributed by atoms with Gasteiger partial charge >= 0.3 is 11.7 Å². The Kier molecular flexibility index (Phi) is 6.22. The van der Waals surface area contributed by atoms with Gasteiger partial charge in [-0.2, -0.15) is 4.68 Å². The van der Waals surface area contributed by atoms with Crippen molar-refractivity contribution in [3.8, 4) is 10.8 Å². The third-order valence-electron chi connectivity index (χ3n) is 3.56. The third-order valence-corrected chi connectivity index (χ3v) is 4.72. The molecule has 3 aromatic heterocycles. The summed E-state index contributed by atoms with van der Waals surface area (Å²) < 4.78 is 11.2. The van der Waals surface area contributed by atoms with Gasteiger partial charge in [0.2, 0.25) is 0 Å². The highest BCUT2D eigenvalue weighted by molar-refractivity contribution is 7.13. The summed E-state index contributed by atoms with van der Waals surface area (Å²) in [5.41, 5.74) is 0.312. The van der Waals surface area contributed by atoms with Crippen LogP contribution in [0, 0.1) is 0 Å². The van der Waals surface area contributed by atoms with Crippen molar-refractivity contribution < 1.29 is 18.7 Å². The number of ether oxygens (including phenoxy) is 1. The number of nitrogens with one attached hydrogen (secondary N) is 1. The Balaban J connectivity index is 1.52. The molecule has 0 saturated carbocycles. The zero-order chi connectivity index (χ0) is 20.1. The lowest BCUT2D eigenvalue weighted by molar-refractivity contribution is -0.153. The van der Waals surface area contributed by atoms with Gasteiger partial charge in [0, 0.05) is 6.20 Å². The molecule has 0 aliphatic heterocycles. The van der Waals surface area contributed by atoms with E-state index in [1.165, 1.54) is 24.5 Å². The van der Waals surface area contributed by atoms with Crippen LogP contribution in [0.15, 0.2) is 45.1 Å². The quantitative estimate of drug-likeness (QED) is 0.459. The van der Waals surface area contributed by atoms with Gasteiger partial charge in [-0.05, 0) is 30.5 Å². The van der Waals surface area contributed by atoms with Gasteiger partial charge in [0.05, 0.1) is 23.5 Å². The SMILES string of the molecule is CC(OC(=O)CCn1nc(-c2cccs2)oc1=O)C(=O)Nc1cccnc1Cl. The predicted octanol–water partition coefficient (Wildman–Crippen LogP) is 2.57. The van der Waals surface area contributed by atoms with E-state index >= 15 is 0 Å². The molecule has 3 rings (SSSR count). The van der Waals surface area contributed by atoms with E-state index < -0.39 is 23.7 Å². The molecule has 28 heavy (non-hydrogen) atoms. The summed E-state index contributed by atoms with van der Waals surface area (Å²) in [4.78, 5) is 40.5. The molecule has 0 fully saturated rings. The summed E-state index contributed by atoms with van der Waals surface area (Å²) in [5.74, 6) is -1.70. The molecule has 0 aromatic carbocycles. The lowest BCUT2D eigenvalue weighted by Gasteiger charge is -2.13. The highest BCUT2D eigenvalue weighted by atomic mass is 35.5. The van der Waals surface area contributed by atoms with E-state index in [9.17, 15) is 14.4 Å². The van der Waals surface area contributed by atoms with E-state index in [2.05, 4.69) is 15.4 Å². The van der Waals surface area contributed by atoms with E-state index in [1.807, 2.05) is 11.4 Å². The Morgan fingerprint density at radius 3 is 2.93 bits per heavy atom. The topological polar surface area (TPSA) is 116 Å². The van der Waals surface area contributed by atoms with Crippen LogP contribution in [-0.2, 0) is 20.9 Å². The Labute approximate surface area is 167 Å². The number of aryl methyl sites for hydroxylation is 1. The van der Waals surface area contributed by atoms with Crippen LogP contribution in [-0.4, -0.2) is 32.7 Å². The maximum Gasteiger partial charge on any atom is 0.437 e. The number of amides is 1. The monoisotopic (exact) mass is 422 g/mol. The minimum absolute atomic E-state index is 0.0324. The molecule has 0 aliphatic rings. The molecule has 1 unspecified atom stereocenters. The minimum Gasteiger partial charge on any atom is -0.452 e. The van der Waals surface area contributed by atoms with Crippen LogP contribution >= 0.6 is 22.9 Å². The van der Waals surface area contributed by atoms with Crippen molar-refractivity contribution in [2.24, 2.45) is 0 Å². The standard InChI is InChI=1S/C17H15ClN4O5S/c1-10(15(24)20-11-4-2-7-19-14(11)18)26-13(23)6-8-22-17(25)27-16(21-22)12-5-3-9-28-12/h2-5,7,9-10H,6,8H2,1H3,(H,20,24). The average molecular weight is 423 g/mol. The van der Waals surface area contributed by atoms with Gasteiger partial charge in [0.15, 0.2) is 11.3 Å². The molecule has 0 bridgehead atoms. The Bertz CT molecular complexity index is 1030. The number of esters is 1. The van der Waals surface area contributed by atoms with Crippen molar-refractivity contribution in [2.75, 3.05) is 5.32 Å². The number of nitrogens with zero attached hydrogens (tertiary/aromatic N) is 3. The number of thiophene rings is 1. The number of carbonyl (C=O) groups is 2. The number of anilines is 1. The average Bonchev–Trinajstić information content (AvgIpc) is 3.31. The summed E-state index contributed by atoms with van der Waals surface area (Å²) in [6.07, 6.45) is 0.276. The molecule has 1 amide bonds.